The molecule has 1 atom stereocenters. The number of aryl methyl sites for hydroxylation is 3. The van der Waals surface area contributed by atoms with Gasteiger partial charge in [0.15, 0.2) is 0 Å². The SMILES string of the molecule is CCc1ccc(C(=O)N2CC[C@H](C(=O)N(CC)c3ccc(C)cc3)c3cc(C)ccc32)cc1. The molecule has 0 saturated carbocycles. The number of anilines is 2. The number of benzene rings is 3. The molecule has 4 rings (SSSR count). The van der Waals surface area contributed by atoms with Gasteiger partial charge in [-0.05, 0) is 75.1 Å². The topological polar surface area (TPSA) is 40.6 Å². The summed E-state index contributed by atoms with van der Waals surface area (Å²) in [4.78, 5) is 30.8. The van der Waals surface area contributed by atoms with Gasteiger partial charge in [-0.3, -0.25) is 9.59 Å². The molecule has 0 aromatic heterocycles. The lowest BCUT2D eigenvalue weighted by atomic mass is 9.87. The molecule has 0 radical (unpaired) electrons. The average molecular weight is 441 g/mol. The van der Waals surface area contributed by atoms with Gasteiger partial charge >= 0.3 is 0 Å². The summed E-state index contributed by atoms with van der Waals surface area (Å²) in [6, 6.07) is 22.0. The summed E-state index contributed by atoms with van der Waals surface area (Å²) in [5, 5.41) is 0. The maximum Gasteiger partial charge on any atom is 0.258 e. The third kappa shape index (κ3) is 4.56. The number of hydrogen-bond acceptors (Lipinski definition) is 2. The summed E-state index contributed by atoms with van der Waals surface area (Å²) in [7, 11) is 0. The monoisotopic (exact) mass is 440 g/mol. The lowest BCUT2D eigenvalue weighted by Crippen LogP contribution is -2.42. The number of fused-ring (bicyclic) bond motifs is 1. The zero-order valence-corrected chi connectivity index (χ0v) is 20.0. The van der Waals surface area contributed by atoms with Crippen LogP contribution in [0.1, 0.15) is 58.8 Å². The molecule has 1 heterocycles. The van der Waals surface area contributed by atoms with Crippen LogP contribution < -0.4 is 9.80 Å². The number of likely N-dealkylation sites (N-methyl/N-ethyl adjacent to an activating group) is 1. The van der Waals surface area contributed by atoms with Gasteiger partial charge in [0.05, 0.1) is 5.92 Å². The van der Waals surface area contributed by atoms with Gasteiger partial charge in [0.1, 0.15) is 0 Å². The minimum Gasteiger partial charge on any atom is -0.312 e. The molecule has 33 heavy (non-hydrogen) atoms. The molecule has 0 unspecified atom stereocenters. The first kappa shape index (κ1) is 22.8. The molecule has 0 N–H and O–H groups in total. The fourth-order valence-electron chi connectivity index (χ4n) is 4.62. The Morgan fingerprint density at radius 1 is 0.909 bits per heavy atom. The van der Waals surface area contributed by atoms with Crippen molar-refractivity contribution in [1.29, 1.82) is 0 Å². The van der Waals surface area contributed by atoms with Crippen LogP contribution in [0.25, 0.3) is 0 Å². The number of rotatable bonds is 5. The second-order valence-electron chi connectivity index (χ2n) is 8.83. The largest absolute Gasteiger partial charge is 0.312 e. The quantitative estimate of drug-likeness (QED) is 0.484. The molecule has 3 aromatic rings. The minimum atomic E-state index is -0.271. The van der Waals surface area contributed by atoms with E-state index in [9.17, 15) is 9.59 Å². The second-order valence-corrected chi connectivity index (χ2v) is 8.83. The maximum atomic E-state index is 13.7. The highest BCUT2D eigenvalue weighted by Crippen LogP contribution is 2.38. The molecule has 2 amide bonds. The van der Waals surface area contributed by atoms with Gasteiger partial charge in [-0.1, -0.05) is 54.4 Å². The number of carbonyl (C=O) groups excluding carboxylic acids is 2. The van der Waals surface area contributed by atoms with Crippen molar-refractivity contribution in [3.8, 4) is 0 Å². The molecule has 0 fully saturated rings. The maximum absolute atomic E-state index is 13.7. The Balaban J connectivity index is 1.67. The van der Waals surface area contributed by atoms with E-state index in [-0.39, 0.29) is 17.7 Å². The second kappa shape index (κ2) is 9.62. The zero-order valence-electron chi connectivity index (χ0n) is 20.0. The average Bonchev–Trinajstić information content (AvgIpc) is 2.84. The normalized spacial score (nSPS) is 15.2. The van der Waals surface area contributed by atoms with E-state index in [0.717, 1.165) is 28.9 Å². The van der Waals surface area contributed by atoms with Crippen molar-refractivity contribution in [3.05, 3.63) is 94.5 Å². The van der Waals surface area contributed by atoms with Crippen molar-refractivity contribution >= 4 is 23.2 Å². The van der Waals surface area contributed by atoms with E-state index in [1.165, 1.54) is 11.1 Å². The zero-order chi connectivity index (χ0) is 23.5. The number of carbonyl (C=O) groups is 2. The third-order valence-electron chi connectivity index (χ3n) is 6.57. The molecule has 1 aliphatic rings. The van der Waals surface area contributed by atoms with E-state index in [1.54, 1.807) is 0 Å². The van der Waals surface area contributed by atoms with Gasteiger partial charge in [-0.15, -0.1) is 0 Å². The third-order valence-corrected chi connectivity index (χ3v) is 6.57. The molecule has 1 aliphatic heterocycles. The molecule has 0 bridgehead atoms. The fourth-order valence-corrected chi connectivity index (χ4v) is 4.62. The molecule has 4 nitrogen and oxygen atoms in total. The van der Waals surface area contributed by atoms with Crippen LogP contribution in [-0.2, 0) is 11.2 Å². The van der Waals surface area contributed by atoms with Crippen LogP contribution in [0.2, 0.25) is 0 Å². The minimum absolute atomic E-state index is 0.0143. The standard InChI is InChI=1S/C29H32N2O2/c1-5-22-10-12-23(13-11-22)28(32)31-18-17-25(26-19-21(4)9-16-27(26)31)29(33)30(6-2)24-14-7-20(3)8-15-24/h7-16,19,25H,5-6,17-18H2,1-4H3/t25-/m0/s1. The predicted molar refractivity (Wildman–Crippen MR) is 135 cm³/mol. The first-order valence-electron chi connectivity index (χ1n) is 11.8. The first-order valence-corrected chi connectivity index (χ1v) is 11.8. The highest BCUT2D eigenvalue weighted by Gasteiger charge is 2.35. The van der Waals surface area contributed by atoms with Crippen LogP contribution in [0.3, 0.4) is 0 Å². The van der Waals surface area contributed by atoms with Gasteiger partial charge in [-0.2, -0.15) is 0 Å². The lowest BCUT2D eigenvalue weighted by molar-refractivity contribution is -0.120. The molecule has 0 saturated heterocycles. The smallest absolute Gasteiger partial charge is 0.258 e. The first-order chi connectivity index (χ1) is 15.9. The van der Waals surface area contributed by atoms with Crippen molar-refractivity contribution in [2.45, 2.75) is 46.5 Å². The number of hydrogen-bond donors (Lipinski definition) is 0. The molecular weight excluding hydrogens is 408 g/mol. The Kier molecular flexibility index (Phi) is 6.64. The fraction of sp³-hybridized carbons (Fsp3) is 0.310. The Hall–Kier alpha value is -3.40. The van der Waals surface area contributed by atoms with Gasteiger partial charge in [0.25, 0.3) is 5.91 Å². The summed E-state index contributed by atoms with van der Waals surface area (Å²) in [6.07, 6.45) is 1.55. The van der Waals surface area contributed by atoms with E-state index < -0.39 is 0 Å². The van der Waals surface area contributed by atoms with Crippen molar-refractivity contribution < 1.29 is 9.59 Å². The van der Waals surface area contributed by atoms with E-state index in [4.69, 9.17) is 0 Å². The molecule has 4 heteroatoms. The van der Waals surface area contributed by atoms with Gasteiger partial charge in [0, 0.05) is 30.0 Å². The molecule has 3 aromatic carbocycles. The van der Waals surface area contributed by atoms with E-state index >= 15 is 0 Å². The van der Waals surface area contributed by atoms with Crippen LogP contribution in [0, 0.1) is 13.8 Å². The Bertz CT molecular complexity index is 1150. The van der Waals surface area contributed by atoms with Gasteiger partial charge < -0.3 is 9.80 Å². The summed E-state index contributed by atoms with van der Waals surface area (Å²) in [6.45, 7) is 9.31. The van der Waals surface area contributed by atoms with E-state index in [2.05, 4.69) is 13.0 Å². The van der Waals surface area contributed by atoms with Crippen molar-refractivity contribution in [1.82, 2.24) is 0 Å². The summed E-state index contributed by atoms with van der Waals surface area (Å²) < 4.78 is 0. The molecule has 0 spiro atoms. The lowest BCUT2D eigenvalue weighted by Gasteiger charge is -2.36. The van der Waals surface area contributed by atoms with Crippen molar-refractivity contribution in [2.75, 3.05) is 22.9 Å². The summed E-state index contributed by atoms with van der Waals surface area (Å²) in [5.41, 5.74) is 6.84. The summed E-state index contributed by atoms with van der Waals surface area (Å²) in [5.74, 6) is -0.195. The molecule has 0 aliphatic carbocycles. The van der Waals surface area contributed by atoms with Crippen molar-refractivity contribution in [3.63, 3.8) is 0 Å². The van der Waals surface area contributed by atoms with Crippen molar-refractivity contribution in [2.24, 2.45) is 0 Å². The van der Waals surface area contributed by atoms with Gasteiger partial charge in [0.2, 0.25) is 5.91 Å². The van der Waals surface area contributed by atoms with Crippen LogP contribution in [0.5, 0.6) is 0 Å². The highest BCUT2D eigenvalue weighted by atomic mass is 16.2. The van der Waals surface area contributed by atoms with E-state index in [1.807, 2.05) is 91.2 Å². The van der Waals surface area contributed by atoms with Gasteiger partial charge in [-0.25, -0.2) is 0 Å². The molecule has 170 valence electrons. The van der Waals surface area contributed by atoms with Crippen LogP contribution in [0.15, 0.2) is 66.7 Å². The molecular formula is C29H32N2O2. The number of amides is 2. The Labute approximate surface area is 196 Å². The van der Waals surface area contributed by atoms with Crippen LogP contribution >= 0.6 is 0 Å². The van der Waals surface area contributed by atoms with Crippen LogP contribution in [-0.4, -0.2) is 24.9 Å². The Morgan fingerprint density at radius 2 is 1.58 bits per heavy atom. The predicted octanol–water partition coefficient (Wildman–Crippen LogP) is 6.05. The van der Waals surface area contributed by atoms with E-state index in [0.29, 0.717) is 25.1 Å². The van der Waals surface area contributed by atoms with Crippen LogP contribution in [0.4, 0.5) is 11.4 Å². The number of nitrogens with zero attached hydrogens (tertiary/aromatic N) is 2. The Morgan fingerprint density at radius 3 is 2.21 bits per heavy atom. The highest BCUT2D eigenvalue weighted by molar-refractivity contribution is 6.08. The summed E-state index contributed by atoms with van der Waals surface area (Å²) >= 11 is 0.